The van der Waals surface area contributed by atoms with E-state index in [-0.39, 0.29) is 12.1 Å². The Morgan fingerprint density at radius 3 is 3.04 bits per heavy atom. The zero-order valence-electron chi connectivity index (χ0n) is 14.0. The first-order chi connectivity index (χ1) is 11.8. The van der Waals surface area contributed by atoms with Gasteiger partial charge in [-0.1, -0.05) is 17.3 Å². The maximum atomic E-state index is 5.97. The van der Waals surface area contributed by atoms with Crippen LogP contribution in [0.5, 0.6) is 11.5 Å². The molecule has 24 heavy (non-hydrogen) atoms. The fraction of sp³-hybridized carbons (Fsp3) is 0.529. The third-order valence-corrected chi connectivity index (χ3v) is 4.89. The summed E-state index contributed by atoms with van der Waals surface area (Å²) in [4.78, 5) is 2.42. The summed E-state index contributed by atoms with van der Waals surface area (Å²) in [5, 5.41) is 8.29. The monoisotopic (exact) mass is 330 g/mol. The third kappa shape index (κ3) is 2.63. The molecule has 4 rings (SSSR count). The van der Waals surface area contributed by atoms with E-state index in [0.29, 0.717) is 6.61 Å². The van der Waals surface area contributed by atoms with Crippen LogP contribution in [0.2, 0.25) is 0 Å². The van der Waals surface area contributed by atoms with Crippen molar-refractivity contribution in [2.45, 2.75) is 31.7 Å². The third-order valence-electron chi connectivity index (χ3n) is 4.89. The van der Waals surface area contributed by atoms with Crippen molar-refractivity contribution in [2.24, 2.45) is 0 Å². The van der Waals surface area contributed by atoms with Crippen molar-refractivity contribution in [3.8, 4) is 11.5 Å². The Kier molecular flexibility index (Phi) is 4.12. The molecule has 7 nitrogen and oxygen atoms in total. The molecule has 0 radical (unpaired) electrons. The largest absolute Gasteiger partial charge is 0.493 e. The van der Waals surface area contributed by atoms with E-state index in [1.807, 2.05) is 16.8 Å². The lowest BCUT2D eigenvalue weighted by Gasteiger charge is -2.41. The van der Waals surface area contributed by atoms with Gasteiger partial charge in [0.05, 0.1) is 44.9 Å². The van der Waals surface area contributed by atoms with Crippen LogP contribution in [0.4, 0.5) is 0 Å². The van der Waals surface area contributed by atoms with Gasteiger partial charge in [-0.2, -0.15) is 0 Å². The van der Waals surface area contributed by atoms with Crippen molar-refractivity contribution in [3.05, 3.63) is 35.7 Å². The standard InChI is InChI=1S/C17H22N4O3/c1-22-16-5-3-4-12(17(16)23-2)9-20-7-6-15-14(10-20)21-13(11-24-15)8-18-19-21/h3-5,8,14-15H,6-7,9-11H2,1-2H3/t14-,15-/m0/s1. The summed E-state index contributed by atoms with van der Waals surface area (Å²) in [5.41, 5.74) is 2.18. The van der Waals surface area contributed by atoms with Crippen LogP contribution < -0.4 is 9.47 Å². The normalized spacial score (nSPS) is 23.4. The molecule has 0 N–H and O–H groups in total. The number of ether oxygens (including phenoxy) is 3. The molecule has 0 unspecified atom stereocenters. The summed E-state index contributed by atoms with van der Waals surface area (Å²) in [6.07, 6.45) is 3.01. The van der Waals surface area contributed by atoms with E-state index >= 15 is 0 Å². The van der Waals surface area contributed by atoms with E-state index in [4.69, 9.17) is 14.2 Å². The summed E-state index contributed by atoms with van der Waals surface area (Å²) < 4.78 is 19.0. The first-order valence-electron chi connectivity index (χ1n) is 8.23. The second-order valence-corrected chi connectivity index (χ2v) is 6.26. The van der Waals surface area contributed by atoms with Crippen LogP contribution in [0.3, 0.4) is 0 Å². The average Bonchev–Trinajstić information content (AvgIpc) is 3.10. The summed E-state index contributed by atoms with van der Waals surface area (Å²) in [7, 11) is 3.35. The van der Waals surface area contributed by atoms with Crippen LogP contribution in [-0.2, 0) is 17.9 Å². The van der Waals surface area contributed by atoms with Crippen molar-refractivity contribution in [1.82, 2.24) is 19.9 Å². The fourth-order valence-electron chi connectivity index (χ4n) is 3.71. The molecule has 2 aromatic rings. The number of fused-ring (bicyclic) bond motifs is 3. The quantitative estimate of drug-likeness (QED) is 0.849. The molecule has 0 saturated carbocycles. The predicted octanol–water partition coefficient (Wildman–Crippen LogP) is 1.64. The van der Waals surface area contributed by atoms with Gasteiger partial charge in [-0.05, 0) is 12.5 Å². The Morgan fingerprint density at radius 1 is 1.29 bits per heavy atom. The number of rotatable bonds is 4. The lowest BCUT2D eigenvalue weighted by Crippen LogP contribution is -2.47. The minimum absolute atomic E-state index is 0.224. The van der Waals surface area contributed by atoms with Crippen LogP contribution in [-0.4, -0.2) is 53.3 Å². The molecule has 7 heteroatoms. The second-order valence-electron chi connectivity index (χ2n) is 6.26. The molecule has 2 aliphatic heterocycles. The van der Waals surface area contributed by atoms with Gasteiger partial charge in [-0.25, -0.2) is 4.68 Å². The summed E-state index contributed by atoms with van der Waals surface area (Å²) in [5.74, 6) is 1.58. The molecular formula is C17H22N4O3. The van der Waals surface area contributed by atoms with Crippen LogP contribution >= 0.6 is 0 Å². The van der Waals surface area contributed by atoms with Gasteiger partial charge in [0, 0.05) is 25.2 Å². The van der Waals surface area contributed by atoms with Crippen LogP contribution in [0.15, 0.2) is 24.4 Å². The van der Waals surface area contributed by atoms with Crippen LogP contribution in [0, 0.1) is 0 Å². The second kappa shape index (κ2) is 6.41. The Morgan fingerprint density at radius 2 is 2.21 bits per heavy atom. The SMILES string of the molecule is COc1cccc(CN2CC[C@@H]3OCc4cnnn4[C@H]3C2)c1OC. The van der Waals surface area contributed by atoms with Gasteiger partial charge in [0.15, 0.2) is 11.5 Å². The van der Waals surface area contributed by atoms with E-state index in [1.54, 1.807) is 20.4 Å². The molecule has 1 aromatic heterocycles. The van der Waals surface area contributed by atoms with Crippen molar-refractivity contribution in [2.75, 3.05) is 27.3 Å². The minimum Gasteiger partial charge on any atom is -0.493 e. The van der Waals surface area contributed by atoms with Crippen molar-refractivity contribution < 1.29 is 14.2 Å². The molecule has 2 atom stereocenters. The minimum atomic E-state index is 0.224. The molecule has 3 heterocycles. The highest BCUT2D eigenvalue weighted by atomic mass is 16.5. The molecule has 1 aromatic carbocycles. The summed E-state index contributed by atoms with van der Waals surface area (Å²) in [6.45, 7) is 3.30. The maximum absolute atomic E-state index is 5.97. The van der Waals surface area contributed by atoms with Crippen molar-refractivity contribution in [3.63, 3.8) is 0 Å². The van der Waals surface area contributed by atoms with Crippen LogP contribution in [0.25, 0.3) is 0 Å². The number of piperidine rings is 1. The van der Waals surface area contributed by atoms with Crippen molar-refractivity contribution in [1.29, 1.82) is 0 Å². The van der Waals surface area contributed by atoms with Gasteiger partial charge in [0.25, 0.3) is 0 Å². The Balaban J connectivity index is 1.54. The van der Waals surface area contributed by atoms with E-state index in [0.717, 1.165) is 48.8 Å². The molecule has 1 fully saturated rings. The lowest BCUT2D eigenvalue weighted by molar-refractivity contribution is -0.0670. The number of nitrogens with zero attached hydrogens (tertiary/aromatic N) is 4. The molecule has 1 saturated heterocycles. The van der Waals surface area contributed by atoms with Gasteiger partial charge in [-0.3, -0.25) is 4.90 Å². The van der Waals surface area contributed by atoms with Gasteiger partial charge < -0.3 is 14.2 Å². The molecule has 0 aliphatic carbocycles. The smallest absolute Gasteiger partial charge is 0.165 e. The lowest BCUT2D eigenvalue weighted by atomic mass is 9.99. The highest BCUT2D eigenvalue weighted by Crippen LogP contribution is 2.34. The number of methoxy groups -OCH3 is 2. The van der Waals surface area contributed by atoms with Crippen LogP contribution in [0.1, 0.15) is 23.7 Å². The predicted molar refractivity (Wildman–Crippen MR) is 87.1 cm³/mol. The van der Waals surface area contributed by atoms with Crippen molar-refractivity contribution >= 4 is 0 Å². The molecule has 128 valence electrons. The number of likely N-dealkylation sites (tertiary alicyclic amines) is 1. The molecule has 0 bridgehead atoms. The Bertz CT molecular complexity index is 718. The van der Waals surface area contributed by atoms with Gasteiger partial charge in [-0.15, -0.1) is 5.10 Å². The Hall–Kier alpha value is -2.12. The van der Waals surface area contributed by atoms with E-state index in [1.165, 1.54) is 0 Å². The molecule has 0 amide bonds. The highest BCUT2D eigenvalue weighted by molar-refractivity contribution is 5.46. The topological polar surface area (TPSA) is 61.6 Å². The maximum Gasteiger partial charge on any atom is 0.165 e. The zero-order valence-corrected chi connectivity index (χ0v) is 14.0. The molecule has 0 spiro atoms. The number of aromatic nitrogens is 3. The van der Waals surface area contributed by atoms with Gasteiger partial charge in [0.1, 0.15) is 0 Å². The summed E-state index contributed by atoms with van der Waals surface area (Å²) in [6, 6.07) is 6.24. The number of hydrogen-bond donors (Lipinski definition) is 0. The van der Waals surface area contributed by atoms with Gasteiger partial charge in [0.2, 0.25) is 0 Å². The summed E-state index contributed by atoms with van der Waals surface area (Å²) >= 11 is 0. The zero-order chi connectivity index (χ0) is 16.5. The highest BCUT2D eigenvalue weighted by Gasteiger charge is 2.36. The average molecular weight is 330 g/mol. The number of para-hydroxylation sites is 1. The fourth-order valence-corrected chi connectivity index (χ4v) is 3.71. The molecule has 2 aliphatic rings. The first-order valence-corrected chi connectivity index (χ1v) is 8.23. The molecular weight excluding hydrogens is 308 g/mol. The van der Waals surface area contributed by atoms with E-state index in [9.17, 15) is 0 Å². The number of hydrogen-bond acceptors (Lipinski definition) is 6. The van der Waals surface area contributed by atoms with E-state index < -0.39 is 0 Å². The number of benzene rings is 1. The Labute approximate surface area is 141 Å². The van der Waals surface area contributed by atoms with Gasteiger partial charge >= 0.3 is 0 Å². The first kappa shape index (κ1) is 15.4. The van der Waals surface area contributed by atoms with E-state index in [2.05, 4.69) is 21.3 Å².